The van der Waals surface area contributed by atoms with Gasteiger partial charge in [0.15, 0.2) is 0 Å². The molecule has 0 spiro atoms. The van der Waals surface area contributed by atoms with Crippen LogP contribution in [-0.2, 0) is 13.1 Å². The summed E-state index contributed by atoms with van der Waals surface area (Å²) in [7, 11) is 0. The number of aryl methyl sites for hydroxylation is 2. The molecule has 0 aromatic heterocycles. The summed E-state index contributed by atoms with van der Waals surface area (Å²) >= 11 is 3.57. The predicted octanol–water partition coefficient (Wildman–Crippen LogP) is 4.59. The molecule has 0 atom stereocenters. The minimum Gasteiger partial charge on any atom is -0.362 e. The summed E-state index contributed by atoms with van der Waals surface area (Å²) < 4.78 is 1.16. The molecule has 1 aliphatic heterocycles. The lowest BCUT2D eigenvalue weighted by Crippen LogP contribution is -2.17. The summed E-state index contributed by atoms with van der Waals surface area (Å²) in [6.45, 7) is 6.44. The number of rotatable bonds is 1. The van der Waals surface area contributed by atoms with Gasteiger partial charge in [-0.1, -0.05) is 40.2 Å². The quantitative estimate of drug-likeness (QED) is 0.745. The van der Waals surface area contributed by atoms with Crippen LogP contribution >= 0.6 is 15.9 Å². The van der Waals surface area contributed by atoms with Crippen LogP contribution in [0.25, 0.3) is 0 Å². The second kappa shape index (κ2) is 4.43. The Balaban J connectivity index is 2.00. The molecule has 0 saturated carbocycles. The van der Waals surface area contributed by atoms with E-state index in [1.807, 2.05) is 0 Å². The summed E-state index contributed by atoms with van der Waals surface area (Å²) in [6, 6.07) is 13.1. The second-order valence-electron chi connectivity index (χ2n) is 5.01. The van der Waals surface area contributed by atoms with Crippen LogP contribution in [0.5, 0.6) is 0 Å². The van der Waals surface area contributed by atoms with Crippen LogP contribution in [-0.4, -0.2) is 0 Å². The Hall–Kier alpha value is -1.28. The smallest absolute Gasteiger partial charge is 0.0436 e. The van der Waals surface area contributed by atoms with Crippen LogP contribution in [0.15, 0.2) is 40.9 Å². The maximum Gasteiger partial charge on any atom is 0.0436 e. The summed E-state index contributed by atoms with van der Waals surface area (Å²) in [5, 5.41) is 0. The summed E-state index contributed by atoms with van der Waals surface area (Å²) in [4.78, 5) is 2.47. The maximum atomic E-state index is 3.57. The molecule has 1 nitrogen and oxygen atoms in total. The third-order valence-electron chi connectivity index (χ3n) is 3.61. The first-order valence-electron chi connectivity index (χ1n) is 6.23. The molecular weight excluding hydrogens is 286 g/mol. The lowest BCUT2D eigenvalue weighted by molar-refractivity contribution is 0.869. The summed E-state index contributed by atoms with van der Waals surface area (Å²) in [5.74, 6) is 0. The van der Waals surface area contributed by atoms with Crippen molar-refractivity contribution in [3.63, 3.8) is 0 Å². The highest BCUT2D eigenvalue weighted by Crippen LogP contribution is 2.34. The van der Waals surface area contributed by atoms with Gasteiger partial charge in [0.25, 0.3) is 0 Å². The highest BCUT2D eigenvalue weighted by atomic mass is 79.9. The molecule has 0 N–H and O–H groups in total. The normalized spacial score (nSPS) is 13.8. The molecule has 2 aromatic rings. The molecule has 0 aliphatic carbocycles. The maximum absolute atomic E-state index is 3.57. The summed E-state index contributed by atoms with van der Waals surface area (Å²) in [6.07, 6.45) is 0. The average Bonchev–Trinajstić information content (AvgIpc) is 2.70. The number of nitrogens with zero attached hydrogens (tertiary/aromatic N) is 1. The zero-order valence-corrected chi connectivity index (χ0v) is 12.3. The molecule has 0 unspecified atom stereocenters. The van der Waals surface area contributed by atoms with Gasteiger partial charge in [0.2, 0.25) is 0 Å². The van der Waals surface area contributed by atoms with Gasteiger partial charge in [0, 0.05) is 23.2 Å². The largest absolute Gasteiger partial charge is 0.362 e. The molecular formula is C16H16BrN. The van der Waals surface area contributed by atoms with Crippen molar-refractivity contribution in [1.82, 2.24) is 0 Å². The minimum atomic E-state index is 1.03. The van der Waals surface area contributed by atoms with Gasteiger partial charge in [0.1, 0.15) is 0 Å². The molecule has 0 fully saturated rings. The van der Waals surface area contributed by atoms with Gasteiger partial charge in [-0.05, 0) is 48.2 Å². The Bertz CT molecular complexity index is 556. The molecule has 92 valence electrons. The van der Waals surface area contributed by atoms with Gasteiger partial charge in [-0.3, -0.25) is 0 Å². The van der Waals surface area contributed by atoms with E-state index < -0.39 is 0 Å². The number of hydrogen-bond acceptors (Lipinski definition) is 1. The van der Waals surface area contributed by atoms with E-state index in [2.05, 4.69) is 71.1 Å². The topological polar surface area (TPSA) is 3.24 Å². The van der Waals surface area contributed by atoms with Gasteiger partial charge in [-0.15, -0.1) is 0 Å². The van der Waals surface area contributed by atoms with E-state index in [1.54, 1.807) is 0 Å². The Morgan fingerprint density at radius 1 is 0.944 bits per heavy atom. The second-order valence-corrected chi connectivity index (χ2v) is 5.93. The SMILES string of the molecule is Cc1cc(Br)cc(C)c1N1Cc2ccccc2C1. The zero-order valence-electron chi connectivity index (χ0n) is 10.7. The van der Waals surface area contributed by atoms with Gasteiger partial charge < -0.3 is 4.90 Å². The molecule has 3 rings (SSSR count). The Kier molecular flexibility index (Phi) is 2.90. The molecule has 1 heterocycles. The van der Waals surface area contributed by atoms with E-state index in [0.717, 1.165) is 17.6 Å². The zero-order chi connectivity index (χ0) is 12.7. The van der Waals surface area contributed by atoms with Gasteiger partial charge in [-0.2, -0.15) is 0 Å². The van der Waals surface area contributed by atoms with Crippen LogP contribution in [0.3, 0.4) is 0 Å². The lowest BCUT2D eigenvalue weighted by atomic mass is 10.1. The third-order valence-corrected chi connectivity index (χ3v) is 4.07. The van der Waals surface area contributed by atoms with Gasteiger partial charge in [0.05, 0.1) is 0 Å². The molecule has 18 heavy (non-hydrogen) atoms. The predicted molar refractivity (Wildman–Crippen MR) is 79.9 cm³/mol. The molecule has 2 heteroatoms. The number of fused-ring (bicyclic) bond motifs is 1. The Labute approximate surface area is 117 Å². The van der Waals surface area contributed by atoms with Crippen LogP contribution in [0.1, 0.15) is 22.3 Å². The molecule has 1 aliphatic rings. The van der Waals surface area contributed by atoms with E-state index in [-0.39, 0.29) is 0 Å². The summed E-state index contributed by atoms with van der Waals surface area (Å²) in [5.41, 5.74) is 6.98. The van der Waals surface area contributed by atoms with Crippen molar-refractivity contribution < 1.29 is 0 Å². The lowest BCUT2D eigenvalue weighted by Gasteiger charge is -2.23. The van der Waals surface area contributed by atoms with Crippen molar-refractivity contribution in [2.24, 2.45) is 0 Å². The Morgan fingerprint density at radius 3 is 1.94 bits per heavy atom. The van der Waals surface area contributed by atoms with Crippen LogP contribution in [0, 0.1) is 13.8 Å². The number of halogens is 1. The first-order chi connectivity index (χ1) is 8.65. The van der Waals surface area contributed by atoms with Crippen molar-refractivity contribution in [3.8, 4) is 0 Å². The van der Waals surface area contributed by atoms with Crippen LogP contribution in [0.2, 0.25) is 0 Å². The molecule has 0 radical (unpaired) electrons. The van der Waals surface area contributed by atoms with E-state index >= 15 is 0 Å². The molecule has 0 saturated heterocycles. The third kappa shape index (κ3) is 1.95. The molecule has 0 bridgehead atoms. The highest BCUT2D eigenvalue weighted by Gasteiger charge is 2.21. The average molecular weight is 302 g/mol. The number of hydrogen-bond donors (Lipinski definition) is 0. The Morgan fingerprint density at radius 2 is 1.44 bits per heavy atom. The standard InChI is InChI=1S/C16H16BrN/c1-11-7-15(17)8-12(2)16(11)18-9-13-5-3-4-6-14(13)10-18/h3-8H,9-10H2,1-2H3. The van der Waals surface area contributed by atoms with Crippen molar-refractivity contribution in [2.75, 3.05) is 4.90 Å². The van der Waals surface area contributed by atoms with Crippen LogP contribution < -0.4 is 4.90 Å². The fourth-order valence-electron chi connectivity index (χ4n) is 2.89. The van der Waals surface area contributed by atoms with Gasteiger partial charge >= 0.3 is 0 Å². The fraction of sp³-hybridized carbons (Fsp3) is 0.250. The number of benzene rings is 2. The van der Waals surface area contributed by atoms with E-state index in [9.17, 15) is 0 Å². The highest BCUT2D eigenvalue weighted by molar-refractivity contribution is 9.10. The minimum absolute atomic E-state index is 1.03. The van der Waals surface area contributed by atoms with Crippen molar-refractivity contribution in [1.29, 1.82) is 0 Å². The fourth-order valence-corrected chi connectivity index (χ4v) is 3.58. The first-order valence-corrected chi connectivity index (χ1v) is 7.03. The molecule has 2 aromatic carbocycles. The van der Waals surface area contributed by atoms with E-state index in [1.165, 1.54) is 27.9 Å². The molecule has 0 amide bonds. The van der Waals surface area contributed by atoms with E-state index in [0.29, 0.717) is 0 Å². The number of anilines is 1. The van der Waals surface area contributed by atoms with Gasteiger partial charge in [-0.25, -0.2) is 0 Å². The van der Waals surface area contributed by atoms with E-state index in [4.69, 9.17) is 0 Å². The monoisotopic (exact) mass is 301 g/mol. The van der Waals surface area contributed by atoms with Crippen molar-refractivity contribution in [2.45, 2.75) is 26.9 Å². The van der Waals surface area contributed by atoms with Crippen molar-refractivity contribution in [3.05, 3.63) is 63.1 Å². The van der Waals surface area contributed by atoms with Crippen molar-refractivity contribution >= 4 is 21.6 Å². The first kappa shape index (κ1) is 11.8. The van der Waals surface area contributed by atoms with Crippen LogP contribution in [0.4, 0.5) is 5.69 Å².